The fraction of sp³-hybridized carbons (Fsp3) is 0.0909. The molecule has 0 saturated carbocycles. The highest BCUT2D eigenvalue weighted by atomic mass is 32.1. The predicted octanol–water partition coefficient (Wildman–Crippen LogP) is 4.04. The van der Waals surface area contributed by atoms with Crippen molar-refractivity contribution in [2.45, 2.75) is 11.3 Å². The Bertz CT molecular complexity index is 856. The van der Waals surface area contributed by atoms with Gasteiger partial charge < -0.3 is 10.2 Å². The van der Waals surface area contributed by atoms with Crippen molar-refractivity contribution >= 4 is 25.4 Å². The van der Waals surface area contributed by atoms with E-state index in [9.17, 15) is 19.8 Å². The molecule has 3 rings (SSSR count). The quantitative estimate of drug-likeness (QED) is 0.677. The second-order valence-corrected chi connectivity index (χ2v) is 6.03. The molecule has 0 radical (unpaired) electrons. The maximum absolute atomic E-state index is 12.7. The molecule has 1 atom stereocenters. The van der Waals surface area contributed by atoms with E-state index in [1.54, 1.807) is 91.0 Å². The van der Waals surface area contributed by atoms with Crippen molar-refractivity contribution in [1.29, 1.82) is 0 Å². The third-order valence-corrected chi connectivity index (χ3v) is 4.61. The molecular formula is C22H20O4S. The molecule has 0 aliphatic heterocycles. The van der Waals surface area contributed by atoms with Crippen LogP contribution in [-0.4, -0.2) is 22.2 Å². The minimum Gasteiger partial charge on any atom is -0.481 e. The normalized spacial score (nSPS) is 11.9. The van der Waals surface area contributed by atoms with Crippen LogP contribution in [0.15, 0.2) is 91.0 Å². The lowest BCUT2D eigenvalue weighted by Crippen LogP contribution is -2.46. The average molecular weight is 380 g/mol. The second kappa shape index (κ2) is 8.56. The van der Waals surface area contributed by atoms with Crippen LogP contribution < -0.4 is 0 Å². The van der Waals surface area contributed by atoms with E-state index in [-0.39, 0.29) is 13.5 Å². The fourth-order valence-corrected chi connectivity index (χ4v) is 3.50. The van der Waals surface area contributed by atoms with Crippen LogP contribution in [0.3, 0.4) is 0 Å². The lowest BCUT2D eigenvalue weighted by Gasteiger charge is -2.36. The Hall–Kier alpha value is -3.05. The lowest BCUT2D eigenvalue weighted by atomic mass is 9.63. The molecule has 0 saturated heterocycles. The molecule has 0 heterocycles. The fourth-order valence-electron chi connectivity index (χ4n) is 3.50. The molecule has 0 aliphatic carbocycles. The Labute approximate surface area is 164 Å². The smallest absolute Gasteiger partial charge is 0.319 e. The van der Waals surface area contributed by atoms with Crippen molar-refractivity contribution < 1.29 is 19.8 Å². The van der Waals surface area contributed by atoms with E-state index in [1.807, 2.05) is 0 Å². The van der Waals surface area contributed by atoms with Gasteiger partial charge >= 0.3 is 11.9 Å². The molecule has 0 amide bonds. The van der Waals surface area contributed by atoms with Crippen molar-refractivity contribution in [1.82, 2.24) is 0 Å². The highest BCUT2D eigenvalue weighted by Crippen LogP contribution is 2.45. The van der Waals surface area contributed by atoms with E-state index in [0.29, 0.717) is 16.7 Å². The summed E-state index contributed by atoms with van der Waals surface area (Å²) in [6.45, 7) is 0. The van der Waals surface area contributed by atoms with Crippen LogP contribution in [0, 0.1) is 0 Å². The number of hydrogen-bond donors (Lipinski definition) is 2. The van der Waals surface area contributed by atoms with Crippen LogP contribution in [0.2, 0.25) is 0 Å². The molecule has 0 aromatic heterocycles. The zero-order valence-electron chi connectivity index (χ0n) is 14.4. The maximum atomic E-state index is 12.7. The second-order valence-electron chi connectivity index (χ2n) is 6.03. The molecule has 0 aliphatic rings. The standard InChI is InChI=1S/C22H18O4.H2S/c23-20(24)19(16-10-4-1-5-11-16)22(21(25)26,17-12-6-2-7-13-17)18-14-8-3-9-15-18;/h1-15,19H,(H,23,24)(H,25,26);1H2. The van der Waals surface area contributed by atoms with Gasteiger partial charge in [0.25, 0.3) is 0 Å². The average Bonchev–Trinajstić information content (AvgIpc) is 2.67. The van der Waals surface area contributed by atoms with Crippen molar-refractivity contribution in [3.05, 3.63) is 108 Å². The maximum Gasteiger partial charge on any atom is 0.319 e. The van der Waals surface area contributed by atoms with Crippen LogP contribution in [-0.2, 0) is 15.0 Å². The van der Waals surface area contributed by atoms with Gasteiger partial charge in [0.05, 0.1) is 0 Å². The summed E-state index contributed by atoms with van der Waals surface area (Å²) in [4.78, 5) is 25.0. The molecular weight excluding hydrogens is 360 g/mol. The number of rotatable bonds is 6. The number of carboxylic acid groups (broad SMARTS) is 2. The SMILES string of the molecule is O=C(O)C(c1ccccc1)C(C(=O)O)(c1ccccc1)c1ccccc1.S. The first-order valence-corrected chi connectivity index (χ1v) is 8.20. The Kier molecular flexibility index (Phi) is 6.42. The third kappa shape index (κ3) is 3.59. The van der Waals surface area contributed by atoms with Gasteiger partial charge in [-0.05, 0) is 16.7 Å². The summed E-state index contributed by atoms with van der Waals surface area (Å²) in [6, 6.07) is 25.6. The van der Waals surface area contributed by atoms with Crippen molar-refractivity contribution in [2.24, 2.45) is 0 Å². The number of carbonyl (C=O) groups is 2. The number of hydrogen-bond acceptors (Lipinski definition) is 2. The third-order valence-electron chi connectivity index (χ3n) is 4.61. The summed E-state index contributed by atoms with van der Waals surface area (Å²) in [6.07, 6.45) is 0. The predicted molar refractivity (Wildman–Crippen MR) is 108 cm³/mol. The van der Waals surface area contributed by atoms with Gasteiger partial charge in [-0.15, -0.1) is 0 Å². The van der Waals surface area contributed by atoms with Gasteiger partial charge in [-0.25, -0.2) is 0 Å². The van der Waals surface area contributed by atoms with E-state index in [4.69, 9.17) is 0 Å². The zero-order valence-corrected chi connectivity index (χ0v) is 15.4. The van der Waals surface area contributed by atoms with Gasteiger partial charge in [0.1, 0.15) is 11.3 Å². The highest BCUT2D eigenvalue weighted by molar-refractivity contribution is 7.59. The van der Waals surface area contributed by atoms with Crippen LogP contribution in [0.5, 0.6) is 0 Å². The zero-order chi connectivity index (χ0) is 18.6. The molecule has 3 aromatic carbocycles. The van der Waals surface area contributed by atoms with Gasteiger partial charge in [-0.1, -0.05) is 91.0 Å². The Morgan fingerprint density at radius 1 is 0.667 bits per heavy atom. The van der Waals surface area contributed by atoms with Gasteiger partial charge in [0.2, 0.25) is 0 Å². The van der Waals surface area contributed by atoms with E-state index in [1.165, 1.54) is 0 Å². The summed E-state index contributed by atoms with van der Waals surface area (Å²) in [5.74, 6) is -3.68. The van der Waals surface area contributed by atoms with Crippen LogP contribution in [0.1, 0.15) is 22.6 Å². The molecule has 0 spiro atoms. The number of carboxylic acids is 2. The largest absolute Gasteiger partial charge is 0.481 e. The van der Waals surface area contributed by atoms with Crippen molar-refractivity contribution in [3.63, 3.8) is 0 Å². The molecule has 138 valence electrons. The summed E-state index contributed by atoms with van der Waals surface area (Å²) in [5, 5.41) is 20.4. The topological polar surface area (TPSA) is 74.6 Å². The molecule has 27 heavy (non-hydrogen) atoms. The molecule has 0 fully saturated rings. The molecule has 5 heteroatoms. The van der Waals surface area contributed by atoms with Gasteiger partial charge in [-0.2, -0.15) is 13.5 Å². The monoisotopic (exact) mass is 380 g/mol. The summed E-state index contributed by atoms with van der Waals surface area (Å²) < 4.78 is 0. The van der Waals surface area contributed by atoms with E-state index in [0.717, 1.165) is 0 Å². The van der Waals surface area contributed by atoms with Crippen molar-refractivity contribution in [3.8, 4) is 0 Å². The van der Waals surface area contributed by atoms with Gasteiger partial charge in [0, 0.05) is 0 Å². The van der Waals surface area contributed by atoms with Crippen molar-refractivity contribution in [2.75, 3.05) is 0 Å². The van der Waals surface area contributed by atoms with Crippen LogP contribution in [0.4, 0.5) is 0 Å². The lowest BCUT2D eigenvalue weighted by molar-refractivity contribution is -0.150. The van der Waals surface area contributed by atoms with E-state index < -0.39 is 23.3 Å². The Morgan fingerprint density at radius 2 is 1.04 bits per heavy atom. The minimum atomic E-state index is -1.75. The molecule has 2 N–H and O–H groups in total. The van der Waals surface area contributed by atoms with E-state index >= 15 is 0 Å². The Balaban J connectivity index is 0.00000261. The summed E-state index contributed by atoms with van der Waals surface area (Å²) in [7, 11) is 0. The Morgan fingerprint density at radius 3 is 1.37 bits per heavy atom. The van der Waals surface area contributed by atoms with Gasteiger partial charge in [-0.3, -0.25) is 9.59 Å². The molecule has 0 bridgehead atoms. The molecule has 1 unspecified atom stereocenters. The summed E-state index contributed by atoms with van der Waals surface area (Å²) >= 11 is 0. The van der Waals surface area contributed by atoms with Crippen LogP contribution >= 0.6 is 13.5 Å². The first-order valence-electron chi connectivity index (χ1n) is 8.20. The molecule has 3 aromatic rings. The number of aliphatic carboxylic acids is 2. The first kappa shape index (κ1) is 20.3. The number of benzene rings is 3. The van der Waals surface area contributed by atoms with Crippen LogP contribution in [0.25, 0.3) is 0 Å². The minimum absolute atomic E-state index is 0. The first-order chi connectivity index (χ1) is 12.6. The highest BCUT2D eigenvalue weighted by Gasteiger charge is 2.53. The van der Waals surface area contributed by atoms with E-state index in [2.05, 4.69) is 0 Å². The summed E-state index contributed by atoms with van der Waals surface area (Å²) in [5.41, 5.74) is -0.463. The molecule has 4 nitrogen and oxygen atoms in total. The van der Waals surface area contributed by atoms with Gasteiger partial charge in [0.15, 0.2) is 0 Å².